The molecule has 0 saturated heterocycles. The molecule has 0 bridgehead atoms. The van der Waals surface area contributed by atoms with Crippen molar-refractivity contribution in [3.05, 3.63) is 70.8 Å². The second-order valence-corrected chi connectivity index (χ2v) is 22.7. The van der Waals surface area contributed by atoms with Gasteiger partial charge in [-0.25, -0.2) is 0 Å². The van der Waals surface area contributed by atoms with Gasteiger partial charge < -0.3 is 51.9 Å². The molecule has 10 N–H and O–H groups in total. The highest BCUT2D eigenvalue weighted by atomic mass is 16.4. The Morgan fingerprint density at radius 3 is 0.852 bits per heavy atom. The third-order valence-electron chi connectivity index (χ3n) is 16.7. The Hall–Kier alpha value is -9.62. The molecular weight excluding hydrogens is 1150 g/mol. The SMILES string of the molecule is C[C@H](C(=O)NCCCCCC(=O)NC(CCC(=O)O)(CCC(=O)O)CCC(=O)O)N1C(=O)c2ccc3c4ccc5c6c(ccc(c7ccc(c2c37)C1=O)c64)C(=O)N([C@H](C)C(=O)NCCCCCC(=O)NC(CCC(=O)O)(CCC(=O)O)CCC(=O)O)C5=O. The zero-order valence-electron chi connectivity index (χ0n) is 48.6. The lowest BCUT2D eigenvalue weighted by Gasteiger charge is -2.34. The summed E-state index contributed by atoms with van der Waals surface area (Å²) in [5.74, 6) is -12.3. The number of hydrogen-bond acceptors (Lipinski definition) is 14. The van der Waals surface area contributed by atoms with E-state index in [0.717, 1.165) is 9.80 Å². The van der Waals surface area contributed by atoms with E-state index in [1.165, 1.54) is 13.8 Å². The van der Waals surface area contributed by atoms with Gasteiger partial charge in [-0.05, 0) is 135 Å². The molecule has 2 heterocycles. The number of imide groups is 2. The highest BCUT2D eigenvalue weighted by Crippen LogP contribution is 2.47. The van der Waals surface area contributed by atoms with Crippen LogP contribution in [0.25, 0.3) is 43.1 Å². The van der Waals surface area contributed by atoms with Crippen molar-refractivity contribution < 1.29 is 97.8 Å². The van der Waals surface area contributed by atoms with Crippen LogP contribution in [-0.4, -0.2) is 160 Å². The van der Waals surface area contributed by atoms with Crippen LogP contribution in [0.2, 0.25) is 0 Å². The summed E-state index contributed by atoms with van der Waals surface area (Å²) in [5, 5.41) is 71.0. The Kier molecular flexibility index (Phi) is 21.2. The standard InChI is InChI=1S/C62H70N6O20/c1-33(55(83)63-31-7-3-5-9-43(69)65-61(25-19-45(71)72,26-20-46(73)74)27-21-47(75)76)67-57(85)39-15-11-35-37-13-17-41-54-42(18-14-38(52(37)54)36-12-16-40(58(67)86)53(39)51(35)36)60(88)68(59(41)87)34(2)56(84)64-32-8-4-6-10-44(70)66-62(28-22-48(77)78,29-23-49(79)80)30-24-50(81)82/h11-18,33-34H,3-10,19-32H2,1-2H3,(H,63,83)(H,64,84)(H,65,69)(H,66,70)(H,71,72)(H,73,74)(H,75,76)(H,77,78)(H,79,80)(H,81,82)/t33-,34-/m1/s1. The van der Waals surface area contributed by atoms with Crippen LogP contribution < -0.4 is 21.3 Å². The van der Waals surface area contributed by atoms with Crippen LogP contribution >= 0.6 is 0 Å². The van der Waals surface area contributed by atoms with Crippen LogP contribution in [0.3, 0.4) is 0 Å². The second-order valence-electron chi connectivity index (χ2n) is 22.7. The molecule has 0 radical (unpaired) electrons. The van der Waals surface area contributed by atoms with Crippen LogP contribution in [0.4, 0.5) is 0 Å². The van der Waals surface area contributed by atoms with E-state index >= 15 is 0 Å². The topological polar surface area (TPSA) is 415 Å². The highest BCUT2D eigenvalue weighted by molar-refractivity contribution is 6.41. The van der Waals surface area contributed by atoms with E-state index in [0.29, 0.717) is 81.6 Å². The molecule has 5 aromatic rings. The third-order valence-corrected chi connectivity index (χ3v) is 16.7. The quantitative estimate of drug-likeness (QED) is 0.00957. The van der Waals surface area contributed by atoms with Crippen LogP contribution in [0, 0.1) is 0 Å². The molecule has 26 nitrogen and oxygen atoms in total. The fourth-order valence-electron chi connectivity index (χ4n) is 12.1. The van der Waals surface area contributed by atoms with Crippen molar-refractivity contribution >= 4 is 126 Å². The number of hydrogen-bond donors (Lipinski definition) is 10. The molecule has 0 fully saturated rings. The van der Waals surface area contributed by atoms with Crippen LogP contribution in [-0.2, 0) is 47.9 Å². The van der Waals surface area contributed by atoms with Gasteiger partial charge in [0.2, 0.25) is 23.6 Å². The summed E-state index contributed by atoms with van der Waals surface area (Å²) in [6, 6.07) is 10.6. The lowest BCUT2D eigenvalue weighted by atomic mass is 9.82. The number of aliphatic carboxylic acids is 6. The van der Waals surface area contributed by atoms with Gasteiger partial charge in [-0.15, -0.1) is 0 Å². The summed E-state index contributed by atoms with van der Waals surface area (Å²) in [4.78, 5) is 181. The smallest absolute Gasteiger partial charge is 0.303 e. The first-order valence-corrected chi connectivity index (χ1v) is 29.1. The highest BCUT2D eigenvalue weighted by Gasteiger charge is 2.42. The van der Waals surface area contributed by atoms with Gasteiger partial charge in [-0.3, -0.25) is 76.9 Å². The molecule has 0 spiro atoms. The van der Waals surface area contributed by atoms with Crippen LogP contribution in [0.5, 0.6) is 0 Å². The molecule has 468 valence electrons. The minimum Gasteiger partial charge on any atom is -0.481 e. The Balaban J connectivity index is 0.968. The fourth-order valence-corrected chi connectivity index (χ4v) is 12.1. The fraction of sp³-hybridized carbons (Fsp3) is 0.452. The van der Waals surface area contributed by atoms with Gasteiger partial charge in [0.1, 0.15) is 12.1 Å². The van der Waals surface area contributed by atoms with Crippen molar-refractivity contribution in [1.82, 2.24) is 31.1 Å². The van der Waals surface area contributed by atoms with Gasteiger partial charge in [-0.2, -0.15) is 0 Å². The van der Waals surface area contributed by atoms with E-state index in [1.54, 1.807) is 48.5 Å². The molecule has 0 unspecified atom stereocenters. The summed E-state index contributed by atoms with van der Waals surface area (Å²) in [6.07, 6.45) is -1.47. The number of benzene rings is 5. The van der Waals surface area contributed by atoms with E-state index in [-0.39, 0.29) is 86.7 Å². The number of carbonyl (C=O) groups is 14. The molecular formula is C62H70N6O20. The molecule has 2 aliphatic rings. The van der Waals surface area contributed by atoms with Gasteiger partial charge in [0.05, 0.1) is 0 Å². The Morgan fingerprint density at radius 1 is 0.364 bits per heavy atom. The van der Waals surface area contributed by atoms with Gasteiger partial charge in [0, 0.05) is 109 Å². The summed E-state index contributed by atoms with van der Waals surface area (Å²) in [6.45, 7) is 3.06. The first-order valence-electron chi connectivity index (χ1n) is 29.1. The third kappa shape index (κ3) is 15.0. The minimum atomic E-state index is -1.37. The number of rotatable bonds is 36. The number of carboxylic acid groups (broad SMARTS) is 6. The number of carboxylic acids is 6. The van der Waals surface area contributed by atoms with E-state index in [4.69, 9.17) is 0 Å². The van der Waals surface area contributed by atoms with E-state index < -0.39 is 145 Å². The lowest BCUT2D eigenvalue weighted by Crippen LogP contribution is -2.52. The summed E-state index contributed by atoms with van der Waals surface area (Å²) in [5.41, 5.74) is -2.08. The molecule has 2 aliphatic heterocycles. The Bertz CT molecular complexity index is 3220. The zero-order valence-corrected chi connectivity index (χ0v) is 48.6. The summed E-state index contributed by atoms with van der Waals surface area (Å²) >= 11 is 0. The van der Waals surface area contributed by atoms with Gasteiger partial charge >= 0.3 is 35.8 Å². The summed E-state index contributed by atoms with van der Waals surface area (Å²) < 4.78 is 0. The van der Waals surface area contributed by atoms with Crippen molar-refractivity contribution in [1.29, 1.82) is 0 Å². The van der Waals surface area contributed by atoms with Gasteiger partial charge in [0.25, 0.3) is 23.6 Å². The second kappa shape index (κ2) is 28.3. The molecule has 0 aromatic heterocycles. The van der Waals surface area contributed by atoms with Crippen molar-refractivity contribution in [3.63, 3.8) is 0 Å². The first-order chi connectivity index (χ1) is 41.7. The Labute approximate surface area is 502 Å². The predicted molar refractivity (Wildman–Crippen MR) is 313 cm³/mol. The molecule has 5 aromatic carbocycles. The van der Waals surface area contributed by atoms with Crippen LogP contribution in [0.1, 0.15) is 184 Å². The van der Waals surface area contributed by atoms with Crippen LogP contribution in [0.15, 0.2) is 48.5 Å². The average molecular weight is 1220 g/mol. The average Bonchev–Trinajstić information content (AvgIpc) is 0.709. The largest absolute Gasteiger partial charge is 0.481 e. The minimum absolute atomic E-state index is 0.0539. The number of nitrogens with one attached hydrogen (secondary N) is 4. The van der Waals surface area contributed by atoms with Gasteiger partial charge in [-0.1, -0.05) is 37.1 Å². The number of fused-ring (bicyclic) bond motifs is 2. The summed E-state index contributed by atoms with van der Waals surface area (Å²) in [7, 11) is 0. The van der Waals surface area contributed by atoms with Gasteiger partial charge in [0.15, 0.2) is 0 Å². The number of amides is 8. The lowest BCUT2D eigenvalue weighted by molar-refractivity contribution is -0.141. The molecule has 8 amide bonds. The maximum absolute atomic E-state index is 14.4. The number of nitrogens with zero attached hydrogens (tertiary/aromatic N) is 2. The molecule has 0 saturated carbocycles. The number of carbonyl (C=O) groups excluding carboxylic acids is 8. The van der Waals surface area contributed by atoms with Crippen molar-refractivity contribution in [2.75, 3.05) is 13.1 Å². The maximum Gasteiger partial charge on any atom is 0.303 e. The first kappa shape index (κ1) is 65.9. The molecule has 0 aliphatic carbocycles. The molecule has 88 heavy (non-hydrogen) atoms. The zero-order chi connectivity index (χ0) is 64.4. The van der Waals surface area contributed by atoms with E-state index in [1.807, 2.05) is 0 Å². The maximum atomic E-state index is 14.4. The van der Waals surface area contributed by atoms with E-state index in [2.05, 4.69) is 21.3 Å². The molecule has 2 atom stereocenters. The molecule has 26 heteroatoms. The van der Waals surface area contributed by atoms with E-state index in [9.17, 15) is 97.8 Å². The predicted octanol–water partition coefficient (Wildman–Crippen LogP) is 5.96. The normalized spacial score (nSPS) is 13.9. The number of unbranched alkanes of at least 4 members (excludes halogenated alkanes) is 4. The van der Waals surface area contributed by atoms with Crippen molar-refractivity contribution in [2.45, 2.75) is 165 Å². The van der Waals surface area contributed by atoms with Crippen molar-refractivity contribution in [2.24, 2.45) is 0 Å². The molecule has 7 rings (SSSR count). The monoisotopic (exact) mass is 1220 g/mol. The van der Waals surface area contributed by atoms with Crippen molar-refractivity contribution in [3.8, 4) is 0 Å². The Morgan fingerprint density at radius 2 is 0.614 bits per heavy atom.